The summed E-state index contributed by atoms with van der Waals surface area (Å²) in [5.41, 5.74) is 1.57. The fraction of sp³-hybridized carbons (Fsp3) is 0.258. The van der Waals surface area contributed by atoms with Gasteiger partial charge >= 0.3 is 0 Å². The van der Waals surface area contributed by atoms with Crippen molar-refractivity contribution in [2.75, 3.05) is 17.3 Å². The Kier molecular flexibility index (Phi) is 5.15. The number of hydrogen-bond donors (Lipinski definition) is 1. The predicted molar refractivity (Wildman–Crippen MR) is 141 cm³/mol. The molecule has 0 spiro atoms. The van der Waals surface area contributed by atoms with Crippen LogP contribution in [0.1, 0.15) is 16.8 Å². The lowest BCUT2D eigenvalue weighted by Gasteiger charge is -2.37. The van der Waals surface area contributed by atoms with Gasteiger partial charge in [0.2, 0.25) is 11.8 Å². The Morgan fingerprint density at radius 3 is 2.03 bits per heavy atom. The second-order valence-corrected chi connectivity index (χ2v) is 10.4. The summed E-state index contributed by atoms with van der Waals surface area (Å²) in [5.74, 6) is 2.39. The van der Waals surface area contributed by atoms with Gasteiger partial charge in [-0.15, -0.1) is 0 Å². The monoisotopic (exact) mass is 506 g/mol. The number of benzene rings is 3. The molecule has 5 aliphatic rings. The molecule has 1 N–H and O–H groups in total. The number of ether oxygens (including phenoxy) is 2. The number of para-hydroxylation sites is 2. The van der Waals surface area contributed by atoms with Gasteiger partial charge in [0.05, 0.1) is 24.6 Å². The van der Waals surface area contributed by atoms with E-state index >= 15 is 0 Å². The minimum absolute atomic E-state index is 0.0997. The Hall–Kier alpha value is -4.39. The third-order valence-corrected chi connectivity index (χ3v) is 8.46. The number of imide groups is 1. The molecular weight excluding hydrogens is 480 g/mol. The maximum Gasteiger partial charge on any atom is 0.255 e. The van der Waals surface area contributed by atoms with Crippen molar-refractivity contribution in [1.82, 2.24) is 0 Å². The summed E-state index contributed by atoms with van der Waals surface area (Å²) in [7, 11) is 1.59. The molecule has 2 saturated carbocycles. The molecule has 2 bridgehead atoms. The highest BCUT2D eigenvalue weighted by Gasteiger charge is 2.67. The predicted octanol–water partition coefficient (Wildman–Crippen LogP) is 5.30. The molecule has 3 fully saturated rings. The highest BCUT2D eigenvalue weighted by Crippen LogP contribution is 2.65. The molecule has 7 nitrogen and oxygen atoms in total. The van der Waals surface area contributed by atoms with E-state index in [2.05, 4.69) is 17.5 Å². The van der Waals surface area contributed by atoms with Crippen LogP contribution in [0.15, 0.2) is 84.9 Å². The highest BCUT2D eigenvalue weighted by molar-refractivity contribution is 6.22. The lowest BCUT2D eigenvalue weighted by atomic mass is 9.63. The van der Waals surface area contributed by atoms with E-state index in [1.54, 1.807) is 55.6 Å². The van der Waals surface area contributed by atoms with Crippen LogP contribution in [-0.2, 0) is 9.59 Å². The maximum absolute atomic E-state index is 13.3. The smallest absolute Gasteiger partial charge is 0.255 e. The average molecular weight is 507 g/mol. The summed E-state index contributed by atoms with van der Waals surface area (Å²) in [5, 5.41) is 2.87. The van der Waals surface area contributed by atoms with Crippen molar-refractivity contribution in [3.8, 4) is 17.2 Å². The molecule has 1 heterocycles. The Labute approximate surface area is 220 Å². The number of nitrogens with zero attached hydrogens (tertiary/aromatic N) is 1. The second-order valence-electron chi connectivity index (χ2n) is 10.4. The molecule has 38 heavy (non-hydrogen) atoms. The number of anilines is 2. The van der Waals surface area contributed by atoms with Crippen molar-refractivity contribution in [1.29, 1.82) is 0 Å². The molecule has 4 aliphatic carbocycles. The number of carbonyl (C=O) groups excluding carboxylic acids is 3. The van der Waals surface area contributed by atoms with Crippen LogP contribution in [0.5, 0.6) is 17.2 Å². The number of rotatable bonds is 6. The van der Waals surface area contributed by atoms with Gasteiger partial charge in [0.25, 0.3) is 5.91 Å². The van der Waals surface area contributed by atoms with Crippen LogP contribution in [-0.4, -0.2) is 24.8 Å². The molecule has 1 aliphatic heterocycles. The van der Waals surface area contributed by atoms with Gasteiger partial charge in [0, 0.05) is 11.3 Å². The number of nitrogens with one attached hydrogen (secondary N) is 1. The van der Waals surface area contributed by atoms with Crippen LogP contribution in [0.3, 0.4) is 0 Å². The second kappa shape index (κ2) is 8.58. The third-order valence-electron chi connectivity index (χ3n) is 8.46. The van der Waals surface area contributed by atoms with Crippen molar-refractivity contribution in [3.05, 3.63) is 90.5 Å². The van der Waals surface area contributed by atoms with E-state index < -0.39 is 0 Å². The van der Waals surface area contributed by atoms with Crippen LogP contribution < -0.4 is 19.7 Å². The maximum atomic E-state index is 13.3. The average Bonchev–Trinajstić information content (AvgIpc) is 3.73. The minimum Gasteiger partial charge on any atom is -0.493 e. The summed E-state index contributed by atoms with van der Waals surface area (Å²) in [6.07, 6.45) is 5.47. The highest BCUT2D eigenvalue weighted by atomic mass is 16.5. The number of allylic oxidation sites excluding steroid dienone is 2. The van der Waals surface area contributed by atoms with Crippen molar-refractivity contribution >= 4 is 29.1 Å². The molecule has 0 unspecified atom stereocenters. The van der Waals surface area contributed by atoms with Gasteiger partial charge < -0.3 is 14.8 Å². The lowest BCUT2D eigenvalue weighted by Crippen LogP contribution is -2.40. The van der Waals surface area contributed by atoms with Crippen molar-refractivity contribution in [2.45, 2.75) is 6.42 Å². The minimum atomic E-state index is -0.287. The van der Waals surface area contributed by atoms with E-state index in [1.165, 1.54) is 4.90 Å². The van der Waals surface area contributed by atoms with Gasteiger partial charge in [-0.25, -0.2) is 0 Å². The quantitative estimate of drug-likeness (QED) is 0.362. The molecule has 3 amide bonds. The number of amides is 3. The number of methoxy groups -OCH3 is 1. The zero-order valence-electron chi connectivity index (χ0n) is 20.7. The van der Waals surface area contributed by atoms with Gasteiger partial charge in [-0.2, -0.15) is 0 Å². The van der Waals surface area contributed by atoms with Gasteiger partial charge in [-0.1, -0.05) is 24.3 Å². The zero-order valence-corrected chi connectivity index (χ0v) is 20.7. The Balaban J connectivity index is 1.02. The summed E-state index contributed by atoms with van der Waals surface area (Å²) < 4.78 is 11.2. The fourth-order valence-electron chi connectivity index (χ4n) is 6.61. The molecule has 0 radical (unpaired) electrons. The summed E-state index contributed by atoms with van der Waals surface area (Å²) in [4.78, 5) is 40.8. The Morgan fingerprint density at radius 1 is 0.816 bits per heavy atom. The summed E-state index contributed by atoms with van der Waals surface area (Å²) in [6, 6.07) is 21.1. The summed E-state index contributed by atoms with van der Waals surface area (Å²) in [6.45, 7) is 0. The van der Waals surface area contributed by atoms with Crippen LogP contribution in [0.4, 0.5) is 11.4 Å². The van der Waals surface area contributed by atoms with Gasteiger partial charge in [0.1, 0.15) is 5.75 Å². The molecule has 1 saturated heterocycles. The molecule has 3 aromatic carbocycles. The van der Waals surface area contributed by atoms with E-state index in [-0.39, 0.29) is 41.4 Å². The molecule has 7 heteroatoms. The molecule has 190 valence electrons. The molecule has 6 atom stereocenters. The first-order chi connectivity index (χ1) is 18.5. The molecule has 3 aromatic rings. The van der Waals surface area contributed by atoms with Crippen LogP contribution in [0.25, 0.3) is 0 Å². The Bertz CT molecular complexity index is 1440. The van der Waals surface area contributed by atoms with Crippen LogP contribution >= 0.6 is 0 Å². The van der Waals surface area contributed by atoms with E-state index in [0.29, 0.717) is 46.0 Å². The van der Waals surface area contributed by atoms with Crippen LogP contribution in [0, 0.1) is 35.5 Å². The van der Waals surface area contributed by atoms with Crippen LogP contribution in [0.2, 0.25) is 0 Å². The van der Waals surface area contributed by atoms with E-state index in [9.17, 15) is 14.4 Å². The van der Waals surface area contributed by atoms with Crippen molar-refractivity contribution < 1.29 is 23.9 Å². The number of carbonyl (C=O) groups is 3. The zero-order chi connectivity index (χ0) is 26.0. The Morgan fingerprint density at radius 2 is 1.42 bits per heavy atom. The van der Waals surface area contributed by atoms with E-state index in [0.717, 1.165) is 6.42 Å². The topological polar surface area (TPSA) is 84.9 Å². The van der Waals surface area contributed by atoms with E-state index in [4.69, 9.17) is 9.47 Å². The first-order valence-corrected chi connectivity index (χ1v) is 12.9. The van der Waals surface area contributed by atoms with Crippen molar-refractivity contribution in [3.63, 3.8) is 0 Å². The standard InChI is InChI=1S/C31H26N2O5/c1-37-25-4-2-3-5-26(25)38-20-12-8-18(9-13-20)32-29(34)17-6-10-19(11-7-17)33-30(35)27-21-14-15-22(24-16-23(21)24)28(27)31(33)36/h2-15,21-24,27-28H,16H2,1H3,(H,32,34)/t21-,22-,23-,24+,27-,28-/m1/s1. The largest absolute Gasteiger partial charge is 0.493 e. The van der Waals surface area contributed by atoms with Gasteiger partial charge in [-0.05, 0) is 90.8 Å². The SMILES string of the molecule is COc1ccccc1Oc1ccc(NC(=O)c2ccc(N3C(=O)[C@@H]4[C@@H]5C=C[C@H]([C@@H]6C[C@H]56)[C@H]4C3=O)cc2)cc1. The molecule has 8 rings (SSSR count). The first kappa shape index (κ1) is 22.8. The summed E-state index contributed by atoms with van der Waals surface area (Å²) >= 11 is 0. The normalized spacial score (nSPS) is 28.1. The lowest BCUT2D eigenvalue weighted by molar-refractivity contribution is -0.124. The van der Waals surface area contributed by atoms with Gasteiger partial charge in [0.15, 0.2) is 11.5 Å². The molecular formula is C31H26N2O5. The van der Waals surface area contributed by atoms with Crippen molar-refractivity contribution in [2.24, 2.45) is 35.5 Å². The fourth-order valence-corrected chi connectivity index (χ4v) is 6.61. The number of hydrogen-bond acceptors (Lipinski definition) is 5. The first-order valence-electron chi connectivity index (χ1n) is 12.9. The third kappa shape index (κ3) is 3.53. The van der Waals surface area contributed by atoms with E-state index in [1.807, 2.05) is 24.3 Å². The molecule has 0 aromatic heterocycles. The van der Waals surface area contributed by atoms with Gasteiger partial charge in [-0.3, -0.25) is 19.3 Å².